The first-order chi connectivity index (χ1) is 12.3. The van der Waals surface area contributed by atoms with Crippen LogP contribution in [0.5, 0.6) is 0 Å². The molecular formula is C21H22N4. The van der Waals surface area contributed by atoms with E-state index in [-0.39, 0.29) is 5.54 Å². The first-order valence-electron chi connectivity index (χ1n) is 9.20. The molecule has 2 heterocycles. The Morgan fingerprint density at radius 2 is 1.56 bits per heavy atom. The van der Waals surface area contributed by atoms with Gasteiger partial charge < -0.3 is 10.2 Å². The number of benzene rings is 2. The highest BCUT2D eigenvalue weighted by atomic mass is 15.3. The highest BCUT2D eigenvalue weighted by Crippen LogP contribution is 2.48. The van der Waals surface area contributed by atoms with Crippen molar-refractivity contribution in [3.8, 4) is 0 Å². The lowest BCUT2D eigenvalue weighted by atomic mass is 10.0. The highest BCUT2D eigenvalue weighted by Gasteiger charge is 2.44. The van der Waals surface area contributed by atoms with E-state index < -0.39 is 0 Å². The average Bonchev–Trinajstić information content (AvgIpc) is 3.24. The number of fused-ring (bicyclic) bond motifs is 1. The van der Waals surface area contributed by atoms with Crippen LogP contribution in [0.3, 0.4) is 0 Å². The van der Waals surface area contributed by atoms with E-state index in [0.717, 1.165) is 48.6 Å². The van der Waals surface area contributed by atoms with Crippen LogP contribution in [0.2, 0.25) is 0 Å². The predicted octanol–water partition coefficient (Wildman–Crippen LogP) is 4.33. The molecule has 2 aliphatic rings. The Labute approximate surface area is 147 Å². The number of para-hydroxylation sites is 1. The van der Waals surface area contributed by atoms with Gasteiger partial charge in [0.25, 0.3) is 0 Å². The molecule has 1 saturated heterocycles. The van der Waals surface area contributed by atoms with Crippen molar-refractivity contribution in [2.45, 2.75) is 31.2 Å². The summed E-state index contributed by atoms with van der Waals surface area (Å²) < 4.78 is 0. The van der Waals surface area contributed by atoms with Crippen molar-refractivity contribution in [3.63, 3.8) is 0 Å². The fourth-order valence-electron chi connectivity index (χ4n) is 3.81. The molecule has 1 aliphatic heterocycles. The van der Waals surface area contributed by atoms with E-state index in [1.54, 1.807) is 0 Å². The molecule has 2 aromatic carbocycles. The third-order valence-corrected chi connectivity index (χ3v) is 5.41. The van der Waals surface area contributed by atoms with Crippen LogP contribution < -0.4 is 10.2 Å². The lowest BCUT2D eigenvalue weighted by Crippen LogP contribution is -2.23. The number of aromatic nitrogens is 2. The summed E-state index contributed by atoms with van der Waals surface area (Å²) in [5.41, 5.74) is 2.40. The topological polar surface area (TPSA) is 41.1 Å². The quantitative estimate of drug-likeness (QED) is 0.773. The second-order valence-electron chi connectivity index (χ2n) is 7.16. The second kappa shape index (κ2) is 5.73. The van der Waals surface area contributed by atoms with Crippen LogP contribution in [-0.2, 0) is 5.54 Å². The van der Waals surface area contributed by atoms with Crippen LogP contribution in [0.15, 0.2) is 54.6 Å². The second-order valence-corrected chi connectivity index (χ2v) is 7.16. The first-order valence-corrected chi connectivity index (χ1v) is 9.20. The molecule has 1 aliphatic carbocycles. The Morgan fingerprint density at radius 1 is 0.840 bits per heavy atom. The van der Waals surface area contributed by atoms with E-state index in [4.69, 9.17) is 9.97 Å². The monoisotopic (exact) mass is 330 g/mol. The lowest BCUT2D eigenvalue weighted by Gasteiger charge is -2.22. The maximum Gasteiger partial charge on any atom is 0.227 e. The van der Waals surface area contributed by atoms with Gasteiger partial charge in [-0.2, -0.15) is 4.98 Å². The molecular weight excluding hydrogens is 308 g/mol. The smallest absolute Gasteiger partial charge is 0.227 e. The highest BCUT2D eigenvalue weighted by molar-refractivity contribution is 5.90. The van der Waals surface area contributed by atoms with E-state index >= 15 is 0 Å². The minimum atomic E-state index is 0.0284. The molecule has 126 valence electrons. The molecule has 0 unspecified atom stereocenters. The van der Waals surface area contributed by atoms with Gasteiger partial charge in [0.15, 0.2) is 0 Å². The molecule has 0 bridgehead atoms. The van der Waals surface area contributed by atoms with Gasteiger partial charge in [-0.3, -0.25) is 0 Å². The largest absolute Gasteiger partial charge is 0.360 e. The number of hydrogen-bond donors (Lipinski definition) is 1. The SMILES string of the molecule is c1ccc(C2(Nc3nc(N4CCCC4)nc4ccccc34)CC2)cc1. The summed E-state index contributed by atoms with van der Waals surface area (Å²) in [6.07, 6.45) is 4.75. The van der Waals surface area contributed by atoms with Gasteiger partial charge >= 0.3 is 0 Å². The molecule has 25 heavy (non-hydrogen) atoms. The van der Waals surface area contributed by atoms with Gasteiger partial charge in [0, 0.05) is 18.5 Å². The Balaban J connectivity index is 1.58. The Morgan fingerprint density at radius 3 is 2.32 bits per heavy atom. The van der Waals surface area contributed by atoms with E-state index in [2.05, 4.69) is 64.8 Å². The summed E-state index contributed by atoms with van der Waals surface area (Å²) in [5.74, 6) is 1.83. The standard InChI is InChI=1S/C21H22N4/c1-2-8-16(9-3-1)21(12-13-21)24-19-17-10-4-5-11-18(17)22-20(23-19)25-14-6-7-15-25/h1-5,8-11H,6-7,12-15H2,(H,22,23,24). The van der Waals surface area contributed by atoms with Crippen molar-refractivity contribution >= 4 is 22.7 Å². The summed E-state index contributed by atoms with van der Waals surface area (Å²) in [6, 6.07) is 19.1. The van der Waals surface area contributed by atoms with Crippen molar-refractivity contribution in [2.75, 3.05) is 23.3 Å². The van der Waals surface area contributed by atoms with E-state index in [1.165, 1.54) is 18.4 Å². The summed E-state index contributed by atoms with van der Waals surface area (Å²) in [5, 5.41) is 4.88. The van der Waals surface area contributed by atoms with Crippen molar-refractivity contribution in [3.05, 3.63) is 60.2 Å². The maximum absolute atomic E-state index is 4.94. The van der Waals surface area contributed by atoms with Crippen molar-refractivity contribution in [2.24, 2.45) is 0 Å². The normalized spacial score (nSPS) is 18.5. The van der Waals surface area contributed by atoms with Crippen molar-refractivity contribution in [1.82, 2.24) is 9.97 Å². The zero-order valence-electron chi connectivity index (χ0n) is 14.3. The maximum atomic E-state index is 4.94. The summed E-state index contributed by atoms with van der Waals surface area (Å²) in [7, 11) is 0. The fraction of sp³-hybridized carbons (Fsp3) is 0.333. The molecule has 3 aromatic rings. The van der Waals surface area contributed by atoms with Crippen LogP contribution in [-0.4, -0.2) is 23.1 Å². The molecule has 0 spiro atoms. The summed E-state index contributed by atoms with van der Waals surface area (Å²) >= 11 is 0. The number of nitrogens with zero attached hydrogens (tertiary/aromatic N) is 3. The lowest BCUT2D eigenvalue weighted by molar-refractivity contribution is 0.798. The molecule has 5 rings (SSSR count). The van der Waals surface area contributed by atoms with Gasteiger partial charge in [0.2, 0.25) is 5.95 Å². The number of nitrogens with one attached hydrogen (secondary N) is 1. The zero-order valence-corrected chi connectivity index (χ0v) is 14.3. The van der Waals surface area contributed by atoms with Crippen molar-refractivity contribution in [1.29, 1.82) is 0 Å². The molecule has 1 aromatic heterocycles. The van der Waals surface area contributed by atoms with Crippen LogP contribution in [0.1, 0.15) is 31.2 Å². The van der Waals surface area contributed by atoms with Gasteiger partial charge in [0.05, 0.1) is 11.1 Å². The van der Waals surface area contributed by atoms with Crippen LogP contribution in [0.4, 0.5) is 11.8 Å². The predicted molar refractivity (Wildman–Crippen MR) is 102 cm³/mol. The Hall–Kier alpha value is -2.62. The molecule has 0 amide bonds. The minimum Gasteiger partial charge on any atom is -0.360 e. The molecule has 1 saturated carbocycles. The molecule has 4 heteroatoms. The van der Waals surface area contributed by atoms with Gasteiger partial charge in [-0.1, -0.05) is 42.5 Å². The average molecular weight is 330 g/mol. The third-order valence-electron chi connectivity index (χ3n) is 5.41. The van der Waals surface area contributed by atoms with Crippen LogP contribution in [0.25, 0.3) is 10.9 Å². The number of hydrogen-bond acceptors (Lipinski definition) is 4. The first kappa shape index (κ1) is 14.7. The summed E-state index contributed by atoms with van der Waals surface area (Å²) in [4.78, 5) is 12.1. The number of rotatable bonds is 4. The molecule has 0 atom stereocenters. The minimum absolute atomic E-state index is 0.0284. The van der Waals surface area contributed by atoms with Crippen LogP contribution >= 0.6 is 0 Å². The van der Waals surface area contributed by atoms with Gasteiger partial charge in [0.1, 0.15) is 5.82 Å². The van der Waals surface area contributed by atoms with E-state index in [0.29, 0.717) is 0 Å². The van der Waals surface area contributed by atoms with Gasteiger partial charge in [-0.25, -0.2) is 4.98 Å². The Kier molecular flexibility index (Phi) is 3.37. The van der Waals surface area contributed by atoms with Crippen LogP contribution in [0, 0.1) is 0 Å². The molecule has 1 N–H and O–H groups in total. The fourth-order valence-corrected chi connectivity index (χ4v) is 3.81. The Bertz CT molecular complexity index is 896. The third kappa shape index (κ3) is 2.62. The zero-order chi connectivity index (χ0) is 16.7. The number of anilines is 2. The molecule has 2 fully saturated rings. The van der Waals surface area contributed by atoms with Crippen molar-refractivity contribution < 1.29 is 0 Å². The van der Waals surface area contributed by atoms with E-state index in [1.807, 2.05) is 0 Å². The molecule has 4 nitrogen and oxygen atoms in total. The van der Waals surface area contributed by atoms with E-state index in [9.17, 15) is 0 Å². The molecule has 0 radical (unpaired) electrons. The van der Waals surface area contributed by atoms with Gasteiger partial charge in [-0.05, 0) is 43.4 Å². The van der Waals surface area contributed by atoms with Gasteiger partial charge in [-0.15, -0.1) is 0 Å². The summed E-state index contributed by atoms with van der Waals surface area (Å²) in [6.45, 7) is 2.11.